The molecule has 1 aliphatic heterocycles. The summed E-state index contributed by atoms with van der Waals surface area (Å²) < 4.78 is 6.28. The number of carbonyl (C=O) groups is 1. The second kappa shape index (κ2) is 10.1. The number of rotatable bonds is 9. The molecule has 3 aromatic rings. The molecule has 2 N–H and O–H groups in total. The highest BCUT2D eigenvalue weighted by Gasteiger charge is 2.26. The molecule has 0 atom stereocenters. The molecule has 0 radical (unpaired) electrons. The molecule has 5 rings (SSSR count). The van der Waals surface area contributed by atoms with Crippen molar-refractivity contribution in [2.24, 2.45) is 0 Å². The zero-order valence-corrected chi connectivity index (χ0v) is 20.4. The second-order valence-corrected chi connectivity index (χ2v) is 10.3. The van der Waals surface area contributed by atoms with Gasteiger partial charge in [-0.15, -0.1) is 0 Å². The highest BCUT2D eigenvalue weighted by molar-refractivity contribution is 7.99. The number of hydrogen-bond acceptors (Lipinski definition) is 8. The van der Waals surface area contributed by atoms with Crippen LogP contribution in [-0.2, 0) is 11.2 Å². The number of likely N-dealkylation sites (tertiary alicyclic amines) is 1. The average Bonchev–Trinajstić information content (AvgIpc) is 3.55. The molecule has 34 heavy (non-hydrogen) atoms. The van der Waals surface area contributed by atoms with Gasteiger partial charge in [-0.1, -0.05) is 23.9 Å². The molecule has 2 fully saturated rings. The first kappa shape index (κ1) is 22.9. The summed E-state index contributed by atoms with van der Waals surface area (Å²) >= 11 is 1.54. The van der Waals surface area contributed by atoms with Crippen LogP contribution in [0.3, 0.4) is 0 Å². The molecule has 9 heteroatoms. The lowest BCUT2D eigenvalue weighted by Gasteiger charge is -2.29. The lowest BCUT2D eigenvalue weighted by atomic mass is 10.1. The number of Topliss-reactive ketones (excluding diaryl/α,β-unsaturated/α-hetero) is 1. The average molecular weight is 479 g/mol. The number of aromatic nitrogens is 4. The molecule has 1 aromatic carbocycles. The fourth-order valence-electron chi connectivity index (χ4n) is 4.05. The fraction of sp³-hybridized carbons (Fsp3) is 0.440. The predicted molar refractivity (Wildman–Crippen MR) is 132 cm³/mol. The van der Waals surface area contributed by atoms with Crippen molar-refractivity contribution in [1.29, 1.82) is 0 Å². The topological polar surface area (TPSA) is 96.0 Å². The second-order valence-electron chi connectivity index (χ2n) is 9.22. The molecule has 1 saturated carbocycles. The summed E-state index contributed by atoms with van der Waals surface area (Å²) in [5.41, 5.74) is 2.17. The van der Waals surface area contributed by atoms with Crippen molar-refractivity contribution in [3.8, 4) is 5.88 Å². The van der Waals surface area contributed by atoms with Gasteiger partial charge >= 0.3 is 0 Å². The highest BCUT2D eigenvalue weighted by Crippen LogP contribution is 2.39. The van der Waals surface area contributed by atoms with Gasteiger partial charge in [-0.25, -0.2) is 4.98 Å². The Morgan fingerprint density at radius 3 is 2.62 bits per heavy atom. The van der Waals surface area contributed by atoms with E-state index in [0.717, 1.165) is 47.1 Å². The smallest absolute Gasteiger partial charge is 0.232 e. The van der Waals surface area contributed by atoms with Gasteiger partial charge in [0.25, 0.3) is 0 Å². The van der Waals surface area contributed by atoms with E-state index in [9.17, 15) is 4.79 Å². The first-order valence-corrected chi connectivity index (χ1v) is 12.6. The van der Waals surface area contributed by atoms with Gasteiger partial charge in [-0.3, -0.25) is 9.89 Å². The summed E-state index contributed by atoms with van der Waals surface area (Å²) in [6, 6.07) is 12.0. The lowest BCUT2D eigenvalue weighted by Crippen LogP contribution is -2.35. The summed E-state index contributed by atoms with van der Waals surface area (Å²) in [4.78, 5) is 24.1. The van der Waals surface area contributed by atoms with Gasteiger partial charge < -0.3 is 15.0 Å². The molecule has 0 bridgehead atoms. The molecule has 178 valence electrons. The number of anilines is 2. The van der Waals surface area contributed by atoms with Crippen LogP contribution in [0.4, 0.5) is 11.8 Å². The Morgan fingerprint density at radius 2 is 1.91 bits per heavy atom. The molecular weight excluding hydrogens is 448 g/mol. The van der Waals surface area contributed by atoms with Crippen LogP contribution in [0.1, 0.15) is 49.8 Å². The first-order valence-electron chi connectivity index (χ1n) is 11.8. The van der Waals surface area contributed by atoms with Crippen LogP contribution in [-0.4, -0.2) is 57.1 Å². The van der Waals surface area contributed by atoms with Crippen LogP contribution in [0.25, 0.3) is 0 Å². The van der Waals surface area contributed by atoms with Gasteiger partial charge in [0.1, 0.15) is 16.9 Å². The molecule has 2 aromatic heterocycles. The molecule has 0 unspecified atom stereocenters. The largest absolute Gasteiger partial charge is 0.474 e. The number of H-pyrrole nitrogens is 1. The van der Waals surface area contributed by atoms with Crippen molar-refractivity contribution in [1.82, 2.24) is 25.1 Å². The maximum absolute atomic E-state index is 11.4. The van der Waals surface area contributed by atoms with E-state index in [1.807, 2.05) is 36.4 Å². The number of nitrogens with one attached hydrogen (secondary N) is 2. The molecule has 1 aliphatic carbocycles. The van der Waals surface area contributed by atoms with Crippen molar-refractivity contribution >= 4 is 29.3 Å². The minimum Gasteiger partial charge on any atom is -0.474 e. The van der Waals surface area contributed by atoms with Gasteiger partial charge in [0.15, 0.2) is 5.82 Å². The van der Waals surface area contributed by atoms with Gasteiger partial charge in [-0.2, -0.15) is 10.1 Å². The number of aromatic amines is 1. The Balaban J connectivity index is 1.34. The normalized spacial score (nSPS) is 17.0. The standard InChI is InChI=1S/C25H30N6O2S/c1-16(32)13-17-3-7-20(8-4-17)34-24-15-23(33-19-9-11-31(2)12-10-19)27-25(28-24)26-22-14-21(29-30-22)18-5-6-18/h3-4,7-8,14-15,18-19H,5-6,9-13H2,1-2H3,(H2,26,27,28,29,30). The van der Waals surface area contributed by atoms with Gasteiger partial charge in [0.2, 0.25) is 11.8 Å². The summed E-state index contributed by atoms with van der Waals surface area (Å²) in [5, 5.41) is 11.5. The van der Waals surface area contributed by atoms with Crippen LogP contribution >= 0.6 is 11.8 Å². The summed E-state index contributed by atoms with van der Waals surface area (Å²) in [6.45, 7) is 3.65. The molecule has 8 nitrogen and oxygen atoms in total. The predicted octanol–water partition coefficient (Wildman–Crippen LogP) is 4.58. The number of piperidine rings is 1. The minimum absolute atomic E-state index is 0.148. The number of benzene rings is 1. The van der Waals surface area contributed by atoms with E-state index in [1.165, 1.54) is 12.8 Å². The number of hydrogen-bond donors (Lipinski definition) is 2. The zero-order chi connectivity index (χ0) is 23.5. The van der Waals surface area contributed by atoms with E-state index in [-0.39, 0.29) is 11.9 Å². The maximum atomic E-state index is 11.4. The van der Waals surface area contributed by atoms with Gasteiger partial charge in [-0.05, 0) is 57.4 Å². The third-order valence-electron chi connectivity index (χ3n) is 6.09. The summed E-state index contributed by atoms with van der Waals surface area (Å²) in [5.74, 6) is 2.50. The van der Waals surface area contributed by atoms with Crippen molar-refractivity contribution < 1.29 is 9.53 Å². The van der Waals surface area contributed by atoms with Crippen LogP contribution in [0.15, 0.2) is 46.3 Å². The Labute approximate surface area is 203 Å². The monoisotopic (exact) mass is 478 g/mol. The van der Waals surface area contributed by atoms with Crippen LogP contribution in [0, 0.1) is 0 Å². The van der Waals surface area contributed by atoms with Crippen LogP contribution < -0.4 is 10.1 Å². The zero-order valence-electron chi connectivity index (χ0n) is 19.6. The van der Waals surface area contributed by atoms with Crippen LogP contribution in [0.5, 0.6) is 5.88 Å². The number of carbonyl (C=O) groups excluding carboxylic acids is 1. The molecular formula is C25H30N6O2S. The quantitative estimate of drug-likeness (QED) is 0.432. The van der Waals surface area contributed by atoms with Crippen molar-refractivity contribution in [3.05, 3.63) is 47.7 Å². The van der Waals surface area contributed by atoms with Crippen molar-refractivity contribution in [3.63, 3.8) is 0 Å². The fourth-order valence-corrected chi connectivity index (χ4v) is 4.85. The van der Waals surface area contributed by atoms with E-state index in [4.69, 9.17) is 9.72 Å². The van der Waals surface area contributed by atoms with Gasteiger partial charge in [0, 0.05) is 48.2 Å². The van der Waals surface area contributed by atoms with E-state index in [1.54, 1.807) is 18.7 Å². The Kier molecular flexibility index (Phi) is 6.82. The maximum Gasteiger partial charge on any atom is 0.232 e. The molecule has 0 spiro atoms. The van der Waals surface area contributed by atoms with E-state index < -0.39 is 0 Å². The SMILES string of the molecule is CC(=O)Cc1ccc(Sc2cc(OC3CCN(C)CC3)nc(Nc3cc(C4CC4)[nH]n3)n2)cc1. The van der Waals surface area contributed by atoms with Gasteiger partial charge in [0.05, 0.1) is 0 Å². The molecule has 0 amide bonds. The Morgan fingerprint density at radius 1 is 1.15 bits per heavy atom. The number of ether oxygens (including phenoxy) is 1. The van der Waals surface area contributed by atoms with Crippen LogP contribution in [0.2, 0.25) is 0 Å². The number of nitrogens with zero attached hydrogens (tertiary/aromatic N) is 4. The third kappa shape index (κ3) is 6.15. The number of ketones is 1. The highest BCUT2D eigenvalue weighted by atomic mass is 32.2. The van der Waals surface area contributed by atoms with Crippen molar-refractivity contribution in [2.75, 3.05) is 25.5 Å². The minimum atomic E-state index is 0.148. The van der Waals surface area contributed by atoms with E-state index >= 15 is 0 Å². The summed E-state index contributed by atoms with van der Waals surface area (Å²) in [7, 11) is 2.14. The molecule has 1 saturated heterocycles. The lowest BCUT2D eigenvalue weighted by molar-refractivity contribution is -0.116. The molecule has 2 aliphatic rings. The Bertz CT molecular complexity index is 1140. The first-order chi connectivity index (χ1) is 16.5. The summed E-state index contributed by atoms with van der Waals surface area (Å²) in [6.07, 6.45) is 4.98. The molecule has 3 heterocycles. The van der Waals surface area contributed by atoms with E-state index in [0.29, 0.717) is 30.0 Å². The van der Waals surface area contributed by atoms with Crippen molar-refractivity contribution in [2.45, 2.75) is 61.0 Å². The Hall–Kier alpha value is -2.91. The van der Waals surface area contributed by atoms with E-state index in [2.05, 4.69) is 32.4 Å². The third-order valence-corrected chi connectivity index (χ3v) is 7.01.